The molecule has 1 aliphatic rings. The van der Waals surface area contributed by atoms with Crippen LogP contribution in [0.25, 0.3) is 11.2 Å². The van der Waals surface area contributed by atoms with Crippen molar-refractivity contribution in [3.8, 4) is 0 Å². The van der Waals surface area contributed by atoms with Gasteiger partial charge in [0.2, 0.25) is 5.28 Å². The summed E-state index contributed by atoms with van der Waals surface area (Å²) < 4.78 is 33.3. The van der Waals surface area contributed by atoms with Crippen LogP contribution in [0.5, 0.6) is 0 Å². The summed E-state index contributed by atoms with van der Waals surface area (Å²) in [5, 5.41) is 28.9. The molecule has 1 fully saturated rings. The van der Waals surface area contributed by atoms with Gasteiger partial charge in [0.25, 0.3) is 0 Å². The van der Waals surface area contributed by atoms with Crippen LogP contribution < -0.4 is 5.73 Å². The Kier molecular flexibility index (Phi) is 12.9. The van der Waals surface area contributed by atoms with E-state index in [1.807, 2.05) is 0 Å². The van der Waals surface area contributed by atoms with E-state index in [9.17, 15) is 10.2 Å². The molecule has 0 saturated carbocycles. The molecular formula is C10H21ClN5O16P3. The number of aliphatic hydroxyl groups is 3. The molecule has 0 unspecified atom stereocenters. The van der Waals surface area contributed by atoms with Gasteiger partial charge in [0.05, 0.1) is 6.61 Å². The van der Waals surface area contributed by atoms with E-state index >= 15 is 0 Å². The quantitative estimate of drug-likeness (QED) is 0.116. The van der Waals surface area contributed by atoms with Crippen molar-refractivity contribution in [3.05, 3.63) is 11.6 Å². The van der Waals surface area contributed by atoms with Crippen LogP contribution in [0.15, 0.2) is 6.33 Å². The van der Waals surface area contributed by atoms with Crippen molar-refractivity contribution in [1.82, 2.24) is 19.5 Å². The van der Waals surface area contributed by atoms with Crippen LogP contribution in [-0.2, 0) is 18.4 Å². The zero-order valence-corrected chi connectivity index (χ0v) is 20.1. The van der Waals surface area contributed by atoms with Crippen LogP contribution >= 0.6 is 35.1 Å². The van der Waals surface area contributed by atoms with Crippen molar-refractivity contribution in [3.63, 3.8) is 0 Å². The first-order chi connectivity index (χ1) is 15.5. The highest BCUT2D eigenvalue weighted by molar-refractivity contribution is 7.45. The maximum atomic E-state index is 10.0. The number of aromatic nitrogens is 4. The van der Waals surface area contributed by atoms with E-state index in [0.29, 0.717) is 0 Å². The first kappa shape index (κ1) is 33.8. The van der Waals surface area contributed by atoms with Gasteiger partial charge in [-0.2, -0.15) is 0 Å². The molecule has 25 heteroatoms. The van der Waals surface area contributed by atoms with Crippen LogP contribution in [-0.4, -0.2) is 104 Å². The molecule has 21 nitrogen and oxygen atoms in total. The Morgan fingerprint density at radius 1 is 0.914 bits per heavy atom. The van der Waals surface area contributed by atoms with Gasteiger partial charge in [-0.3, -0.25) is 4.57 Å². The summed E-state index contributed by atoms with van der Waals surface area (Å²) in [6.07, 6.45) is -3.22. The number of hydrogen-bond acceptors (Lipinski definition) is 11. The van der Waals surface area contributed by atoms with E-state index < -0.39 is 54.6 Å². The number of phosphoric acid groups is 3. The summed E-state index contributed by atoms with van der Waals surface area (Å²) in [5.74, 6) is 0.141. The molecule has 4 atom stereocenters. The number of aliphatic hydroxyl groups excluding tert-OH is 3. The number of halogens is 1. The van der Waals surface area contributed by atoms with Crippen LogP contribution in [0.1, 0.15) is 6.23 Å². The molecule has 0 amide bonds. The van der Waals surface area contributed by atoms with Crippen molar-refractivity contribution < 1.29 is 77.8 Å². The molecular weight excluding hydrogens is 575 g/mol. The Hall–Kier alpha value is -1.19. The third-order valence-electron chi connectivity index (χ3n) is 3.23. The Labute approximate surface area is 198 Å². The van der Waals surface area contributed by atoms with Gasteiger partial charge in [0.15, 0.2) is 23.2 Å². The monoisotopic (exact) mass is 595 g/mol. The standard InChI is InChI=1S/C10H12ClN5O4.3H3O4P/c11-10-15-4-7(12)13-2-14-8(4)16(10)9-6(19)5(18)3(1-17)20-9;3*1-5(2,3)4/h2-3,5-6,9,17-19H,1H2,(H2,12,13,14);3*(H3,1,2,3,4)/t3-,5-,6-,9-;;;/m1.../s1. The van der Waals surface area contributed by atoms with Crippen LogP contribution in [0.4, 0.5) is 5.82 Å². The number of nitrogens with two attached hydrogens (primary N) is 1. The van der Waals surface area contributed by atoms with Gasteiger partial charge in [-0.15, -0.1) is 0 Å². The molecule has 1 aliphatic heterocycles. The van der Waals surface area contributed by atoms with Crippen molar-refractivity contribution in [2.75, 3.05) is 12.3 Å². The lowest BCUT2D eigenvalue weighted by Gasteiger charge is -2.17. The smallest absolute Gasteiger partial charge is 0.394 e. The minimum atomic E-state index is -4.64. The summed E-state index contributed by atoms with van der Waals surface area (Å²) in [4.78, 5) is 76.5. The number of imidazole rings is 1. The number of anilines is 1. The molecule has 0 bridgehead atoms. The zero-order chi connectivity index (χ0) is 27.9. The van der Waals surface area contributed by atoms with Crippen molar-refractivity contribution in [1.29, 1.82) is 0 Å². The van der Waals surface area contributed by atoms with E-state index in [1.54, 1.807) is 0 Å². The highest BCUT2D eigenvalue weighted by Gasteiger charge is 2.44. The normalized spacial score (nSPS) is 22.3. The Balaban J connectivity index is 0.000000635. The third-order valence-corrected chi connectivity index (χ3v) is 3.50. The number of nitrogens with zero attached hydrogens (tertiary/aromatic N) is 4. The summed E-state index contributed by atoms with van der Waals surface area (Å²) in [6.45, 7) is -0.434. The highest BCUT2D eigenvalue weighted by Crippen LogP contribution is 2.34. The molecule has 35 heavy (non-hydrogen) atoms. The second-order valence-electron chi connectivity index (χ2n) is 5.95. The zero-order valence-electron chi connectivity index (χ0n) is 16.7. The molecule has 2 aromatic heterocycles. The molecule has 3 rings (SSSR count). The topological polar surface area (TPSA) is 373 Å². The summed E-state index contributed by atoms with van der Waals surface area (Å²) in [6, 6.07) is 0. The molecule has 1 saturated heterocycles. The molecule has 0 radical (unpaired) electrons. The van der Waals surface area contributed by atoms with Gasteiger partial charge >= 0.3 is 23.5 Å². The lowest BCUT2D eigenvalue weighted by Crippen LogP contribution is -2.33. The molecule has 0 spiro atoms. The molecule has 0 aliphatic carbocycles. The van der Waals surface area contributed by atoms with Crippen molar-refractivity contribution in [2.24, 2.45) is 0 Å². The number of ether oxygens (including phenoxy) is 1. The van der Waals surface area contributed by atoms with Crippen LogP contribution in [0.2, 0.25) is 5.28 Å². The van der Waals surface area contributed by atoms with E-state index in [-0.39, 0.29) is 22.3 Å². The van der Waals surface area contributed by atoms with Gasteiger partial charge in [-0.05, 0) is 11.6 Å². The van der Waals surface area contributed by atoms with Crippen LogP contribution in [0.3, 0.4) is 0 Å². The minimum absolute atomic E-state index is 0.0120. The van der Waals surface area contributed by atoms with E-state index in [2.05, 4.69) is 15.0 Å². The maximum Gasteiger partial charge on any atom is 0.466 e. The van der Waals surface area contributed by atoms with Gasteiger partial charge < -0.3 is 69.8 Å². The predicted octanol–water partition coefficient (Wildman–Crippen LogP) is -4.11. The van der Waals surface area contributed by atoms with Crippen LogP contribution in [0, 0.1) is 0 Å². The fraction of sp³-hybridized carbons (Fsp3) is 0.500. The number of fused-ring (bicyclic) bond motifs is 1. The lowest BCUT2D eigenvalue weighted by molar-refractivity contribution is -0.0509. The number of rotatable bonds is 2. The molecule has 3 heterocycles. The summed E-state index contributed by atoms with van der Waals surface area (Å²) in [7, 11) is -13.9. The van der Waals surface area contributed by atoms with E-state index in [1.165, 1.54) is 10.9 Å². The first-order valence-corrected chi connectivity index (χ1v) is 13.2. The van der Waals surface area contributed by atoms with Gasteiger partial charge in [0.1, 0.15) is 24.6 Å². The van der Waals surface area contributed by atoms with Gasteiger partial charge in [0, 0.05) is 0 Å². The fourth-order valence-electron chi connectivity index (χ4n) is 2.22. The van der Waals surface area contributed by atoms with E-state index in [4.69, 9.17) is 84.9 Å². The molecule has 14 N–H and O–H groups in total. The minimum Gasteiger partial charge on any atom is -0.394 e. The largest absolute Gasteiger partial charge is 0.466 e. The average Bonchev–Trinajstić information content (AvgIpc) is 3.08. The maximum absolute atomic E-state index is 10.0. The summed E-state index contributed by atoms with van der Waals surface area (Å²) in [5.41, 5.74) is 6.22. The third kappa shape index (κ3) is 14.2. The van der Waals surface area contributed by atoms with Crippen molar-refractivity contribution in [2.45, 2.75) is 24.5 Å². The number of nitrogen functional groups attached to an aromatic ring is 1. The average molecular weight is 596 g/mol. The Morgan fingerprint density at radius 3 is 1.71 bits per heavy atom. The van der Waals surface area contributed by atoms with E-state index in [0.717, 1.165) is 0 Å². The lowest BCUT2D eigenvalue weighted by atomic mass is 10.1. The van der Waals surface area contributed by atoms with Gasteiger partial charge in [-0.1, -0.05) is 0 Å². The first-order valence-electron chi connectivity index (χ1n) is 8.15. The predicted molar refractivity (Wildman–Crippen MR) is 111 cm³/mol. The Morgan fingerprint density at radius 2 is 1.34 bits per heavy atom. The number of hydrogen-bond donors (Lipinski definition) is 13. The fourth-order valence-corrected chi connectivity index (χ4v) is 2.48. The van der Waals surface area contributed by atoms with Crippen molar-refractivity contribution >= 4 is 52.1 Å². The molecule has 204 valence electrons. The summed E-state index contributed by atoms with van der Waals surface area (Å²) >= 11 is 6.02. The second kappa shape index (κ2) is 13.4. The van der Waals surface area contributed by atoms with Gasteiger partial charge in [-0.25, -0.2) is 28.6 Å². The molecule has 2 aromatic rings. The Bertz CT molecular complexity index is 1030. The highest BCUT2D eigenvalue weighted by atomic mass is 35.5. The SMILES string of the molecule is Nc1ncnc2c1nc(Cl)n2[C@@H]1O[C@H](CO)[C@@H](O)[C@H]1O.O=P(O)(O)O.O=P(O)(O)O.O=P(O)(O)O. The second-order valence-corrected chi connectivity index (χ2v) is 9.37. The molecule has 0 aromatic carbocycles.